The van der Waals surface area contributed by atoms with Crippen molar-refractivity contribution < 1.29 is 19.1 Å². The second-order valence-electron chi connectivity index (χ2n) is 7.59. The zero-order chi connectivity index (χ0) is 20.5. The highest BCUT2D eigenvalue weighted by atomic mass is 16.6. The minimum absolute atomic E-state index is 0.0389. The minimum atomic E-state index is -0.328. The molecule has 156 valence electrons. The van der Waals surface area contributed by atoms with Gasteiger partial charge >= 0.3 is 0 Å². The molecule has 30 heavy (non-hydrogen) atoms. The summed E-state index contributed by atoms with van der Waals surface area (Å²) in [5.74, 6) is 1.68. The SMILES string of the molecule is O=C(C1CC(=O)N(c2ccc3c(c2)OCCO3)C1)N1CCN(c2ncccn2)CC1. The summed E-state index contributed by atoms with van der Waals surface area (Å²) < 4.78 is 11.2. The number of ether oxygens (including phenoxy) is 2. The van der Waals surface area contributed by atoms with Crippen LogP contribution in [0.3, 0.4) is 0 Å². The summed E-state index contributed by atoms with van der Waals surface area (Å²) in [4.78, 5) is 39.8. The van der Waals surface area contributed by atoms with Gasteiger partial charge in [0.1, 0.15) is 13.2 Å². The first-order chi connectivity index (χ1) is 14.7. The van der Waals surface area contributed by atoms with Gasteiger partial charge in [-0.05, 0) is 18.2 Å². The van der Waals surface area contributed by atoms with Gasteiger partial charge in [0.05, 0.1) is 5.92 Å². The summed E-state index contributed by atoms with van der Waals surface area (Å²) in [7, 11) is 0. The number of piperazine rings is 1. The molecule has 0 saturated carbocycles. The van der Waals surface area contributed by atoms with Gasteiger partial charge in [0, 0.05) is 63.3 Å². The van der Waals surface area contributed by atoms with Crippen molar-refractivity contribution in [2.45, 2.75) is 6.42 Å². The fourth-order valence-corrected chi connectivity index (χ4v) is 4.16. The summed E-state index contributed by atoms with van der Waals surface area (Å²) in [6, 6.07) is 7.26. The highest BCUT2D eigenvalue weighted by Gasteiger charge is 2.38. The normalized spacial score (nSPS) is 21.1. The second kappa shape index (κ2) is 7.81. The first-order valence-electron chi connectivity index (χ1n) is 10.2. The lowest BCUT2D eigenvalue weighted by Crippen LogP contribution is -2.51. The third-order valence-electron chi connectivity index (χ3n) is 5.74. The number of anilines is 2. The van der Waals surface area contributed by atoms with E-state index < -0.39 is 0 Å². The molecule has 0 spiro atoms. The highest BCUT2D eigenvalue weighted by molar-refractivity contribution is 6.00. The van der Waals surface area contributed by atoms with E-state index >= 15 is 0 Å². The van der Waals surface area contributed by atoms with E-state index in [1.807, 2.05) is 23.1 Å². The Bertz CT molecular complexity index is 946. The number of nitrogens with zero attached hydrogens (tertiary/aromatic N) is 5. The fraction of sp³-hybridized carbons (Fsp3) is 0.429. The van der Waals surface area contributed by atoms with Crippen LogP contribution in [-0.4, -0.2) is 72.6 Å². The van der Waals surface area contributed by atoms with Crippen LogP contribution in [0.25, 0.3) is 0 Å². The molecule has 1 atom stereocenters. The Morgan fingerprint density at radius 2 is 1.73 bits per heavy atom. The van der Waals surface area contributed by atoms with Crippen LogP contribution >= 0.6 is 0 Å². The van der Waals surface area contributed by atoms with Crippen LogP contribution in [0.1, 0.15) is 6.42 Å². The summed E-state index contributed by atoms with van der Waals surface area (Å²) >= 11 is 0. The maximum atomic E-state index is 13.1. The molecule has 2 amide bonds. The van der Waals surface area contributed by atoms with Gasteiger partial charge < -0.3 is 24.2 Å². The van der Waals surface area contributed by atoms with Crippen molar-refractivity contribution in [2.75, 3.05) is 55.7 Å². The molecule has 2 fully saturated rings. The lowest BCUT2D eigenvalue weighted by molar-refractivity contribution is -0.136. The van der Waals surface area contributed by atoms with Crippen molar-refractivity contribution in [1.82, 2.24) is 14.9 Å². The molecule has 0 radical (unpaired) electrons. The summed E-state index contributed by atoms with van der Waals surface area (Å²) in [5, 5.41) is 0. The molecule has 9 nitrogen and oxygen atoms in total. The molecular weight excluding hydrogens is 386 g/mol. The van der Waals surface area contributed by atoms with Crippen molar-refractivity contribution in [2.24, 2.45) is 5.92 Å². The predicted molar refractivity (Wildman–Crippen MR) is 109 cm³/mol. The zero-order valence-electron chi connectivity index (χ0n) is 16.6. The average Bonchev–Trinajstić information content (AvgIpc) is 3.20. The van der Waals surface area contributed by atoms with Crippen LogP contribution < -0.4 is 19.3 Å². The quantitative estimate of drug-likeness (QED) is 0.746. The number of benzene rings is 1. The Morgan fingerprint density at radius 3 is 2.50 bits per heavy atom. The molecule has 3 aliphatic rings. The molecule has 2 saturated heterocycles. The Morgan fingerprint density at radius 1 is 1.00 bits per heavy atom. The van der Waals surface area contributed by atoms with Gasteiger partial charge in [-0.25, -0.2) is 9.97 Å². The molecule has 1 aromatic heterocycles. The number of hydrogen-bond donors (Lipinski definition) is 0. The van der Waals surface area contributed by atoms with E-state index in [1.165, 1.54) is 0 Å². The van der Waals surface area contributed by atoms with Crippen molar-refractivity contribution in [3.8, 4) is 11.5 Å². The predicted octanol–water partition coefficient (Wildman–Crippen LogP) is 0.949. The lowest BCUT2D eigenvalue weighted by Gasteiger charge is -2.35. The summed E-state index contributed by atoms with van der Waals surface area (Å²) in [6.45, 7) is 3.97. The maximum Gasteiger partial charge on any atom is 0.228 e. The minimum Gasteiger partial charge on any atom is -0.486 e. The van der Waals surface area contributed by atoms with Crippen LogP contribution in [0.5, 0.6) is 11.5 Å². The van der Waals surface area contributed by atoms with Gasteiger partial charge in [0.2, 0.25) is 17.8 Å². The van der Waals surface area contributed by atoms with Gasteiger partial charge in [0.25, 0.3) is 0 Å². The largest absolute Gasteiger partial charge is 0.486 e. The van der Waals surface area contributed by atoms with Crippen LogP contribution in [0, 0.1) is 5.92 Å². The Kier molecular flexibility index (Phi) is 4.86. The van der Waals surface area contributed by atoms with E-state index in [2.05, 4.69) is 14.9 Å². The first-order valence-corrected chi connectivity index (χ1v) is 10.2. The Balaban J connectivity index is 1.22. The molecule has 2 aromatic rings. The number of carbonyl (C=O) groups excluding carboxylic acids is 2. The van der Waals surface area contributed by atoms with Gasteiger partial charge in [0.15, 0.2) is 11.5 Å². The number of rotatable bonds is 3. The van der Waals surface area contributed by atoms with E-state index in [0.29, 0.717) is 63.4 Å². The molecule has 0 aliphatic carbocycles. The average molecular weight is 409 g/mol. The molecule has 9 heteroatoms. The Hall–Kier alpha value is -3.36. The van der Waals surface area contributed by atoms with E-state index in [1.54, 1.807) is 23.4 Å². The number of hydrogen-bond acceptors (Lipinski definition) is 7. The molecule has 3 aliphatic heterocycles. The van der Waals surface area contributed by atoms with Crippen molar-refractivity contribution in [3.05, 3.63) is 36.7 Å². The fourth-order valence-electron chi connectivity index (χ4n) is 4.16. The van der Waals surface area contributed by atoms with Crippen LogP contribution in [0.15, 0.2) is 36.7 Å². The second-order valence-corrected chi connectivity index (χ2v) is 7.59. The number of fused-ring (bicyclic) bond motifs is 1. The molecule has 0 N–H and O–H groups in total. The van der Waals surface area contributed by atoms with Gasteiger partial charge in [-0.15, -0.1) is 0 Å². The molecule has 5 rings (SSSR count). The topological polar surface area (TPSA) is 88.1 Å². The number of amides is 2. The standard InChI is InChI=1S/C21H23N5O4/c27-19-12-15(14-26(19)16-2-3-17-18(13-16)30-11-10-29-17)20(28)24-6-8-25(9-7-24)21-22-4-1-5-23-21/h1-5,13,15H,6-12,14H2. The van der Waals surface area contributed by atoms with Gasteiger partial charge in [-0.1, -0.05) is 0 Å². The number of carbonyl (C=O) groups is 2. The third-order valence-corrected chi connectivity index (χ3v) is 5.74. The lowest BCUT2D eigenvalue weighted by atomic mass is 10.1. The van der Waals surface area contributed by atoms with E-state index in [0.717, 1.165) is 5.69 Å². The molecular formula is C21H23N5O4. The highest BCUT2D eigenvalue weighted by Crippen LogP contribution is 2.36. The molecule has 4 heterocycles. The molecule has 0 bridgehead atoms. The van der Waals surface area contributed by atoms with Gasteiger partial charge in [-0.3, -0.25) is 9.59 Å². The van der Waals surface area contributed by atoms with Gasteiger partial charge in [-0.2, -0.15) is 0 Å². The Labute approximate surface area is 174 Å². The smallest absolute Gasteiger partial charge is 0.228 e. The van der Waals surface area contributed by atoms with Crippen LogP contribution in [0.2, 0.25) is 0 Å². The molecule has 1 aromatic carbocycles. The van der Waals surface area contributed by atoms with E-state index in [4.69, 9.17) is 9.47 Å². The molecule has 1 unspecified atom stereocenters. The van der Waals surface area contributed by atoms with Crippen molar-refractivity contribution in [3.63, 3.8) is 0 Å². The summed E-state index contributed by atoms with van der Waals surface area (Å²) in [6.07, 6.45) is 3.67. The first kappa shape index (κ1) is 18.7. The maximum absolute atomic E-state index is 13.1. The summed E-state index contributed by atoms with van der Waals surface area (Å²) in [5.41, 5.74) is 0.741. The number of aromatic nitrogens is 2. The van der Waals surface area contributed by atoms with Crippen molar-refractivity contribution >= 4 is 23.5 Å². The van der Waals surface area contributed by atoms with Crippen molar-refractivity contribution in [1.29, 1.82) is 0 Å². The van der Waals surface area contributed by atoms with Crippen LogP contribution in [-0.2, 0) is 9.59 Å². The van der Waals surface area contributed by atoms with Crippen LogP contribution in [0.4, 0.5) is 11.6 Å². The van der Waals surface area contributed by atoms with E-state index in [9.17, 15) is 9.59 Å². The third kappa shape index (κ3) is 3.51. The zero-order valence-corrected chi connectivity index (χ0v) is 16.6. The monoisotopic (exact) mass is 409 g/mol. The van der Waals surface area contributed by atoms with E-state index in [-0.39, 0.29) is 24.2 Å².